The maximum Gasteiger partial charge on any atom is 1.00 e. The zero-order valence-electron chi connectivity index (χ0n) is 3.08. The normalized spacial score (nSPS) is 9.67. The summed E-state index contributed by atoms with van der Waals surface area (Å²) in [5.41, 5.74) is 0. The van der Waals surface area contributed by atoms with E-state index in [9.17, 15) is 0 Å². The van der Waals surface area contributed by atoms with Crippen molar-refractivity contribution in [3.05, 3.63) is 0 Å². The topological polar surface area (TPSA) is 77.4 Å². The van der Waals surface area contributed by atoms with Gasteiger partial charge < -0.3 is 0 Å². The average molecular weight is 277 g/mol. The van der Waals surface area contributed by atoms with E-state index in [-0.39, 0.29) is 68.9 Å². The minimum absolute atomic E-state index is 0. The molecule has 0 aliphatic rings. The van der Waals surface area contributed by atoms with Crippen molar-refractivity contribution in [3.8, 4) is 0 Å². The summed E-state index contributed by atoms with van der Waals surface area (Å²) in [5.74, 6) is 0. The maximum atomic E-state index is 8.70. The van der Waals surface area contributed by atoms with E-state index in [1.165, 1.54) is 0 Å². The SMILES string of the molecule is O=[Se](=O)([O-])O.[Cs+]. The Morgan fingerprint density at radius 3 is 1.50 bits per heavy atom. The van der Waals surface area contributed by atoms with Gasteiger partial charge in [-0.2, -0.15) is 0 Å². The van der Waals surface area contributed by atoms with Crippen molar-refractivity contribution in [1.29, 1.82) is 0 Å². The summed E-state index contributed by atoms with van der Waals surface area (Å²) in [4.78, 5) is 0. The molecule has 0 bridgehead atoms. The number of hydrogen-bond acceptors (Lipinski definition) is 3. The first-order chi connectivity index (χ1) is 2.00. The summed E-state index contributed by atoms with van der Waals surface area (Å²) in [5, 5.41) is 0. The van der Waals surface area contributed by atoms with E-state index in [4.69, 9.17) is 16.0 Å². The minimum atomic E-state index is -5.50. The Morgan fingerprint density at radius 1 is 1.50 bits per heavy atom. The van der Waals surface area contributed by atoms with Gasteiger partial charge in [-0.1, -0.05) is 0 Å². The third-order valence-electron chi connectivity index (χ3n) is 0. The molecule has 0 aromatic rings. The van der Waals surface area contributed by atoms with Crippen LogP contribution in [0.15, 0.2) is 0 Å². The number of rotatable bonds is 0. The van der Waals surface area contributed by atoms with Gasteiger partial charge in [0, 0.05) is 0 Å². The summed E-state index contributed by atoms with van der Waals surface area (Å²) in [6, 6.07) is 0. The Labute approximate surface area is 95.6 Å². The molecule has 4 nitrogen and oxygen atoms in total. The van der Waals surface area contributed by atoms with Crippen LogP contribution in [0.5, 0.6) is 0 Å². The predicted molar refractivity (Wildman–Crippen MR) is 9.35 cm³/mol. The van der Waals surface area contributed by atoms with E-state index in [1.54, 1.807) is 0 Å². The molecular weight excluding hydrogens is 276 g/mol. The van der Waals surface area contributed by atoms with Crippen LogP contribution in [0.4, 0.5) is 0 Å². The van der Waals surface area contributed by atoms with Crippen LogP contribution in [0.1, 0.15) is 0 Å². The van der Waals surface area contributed by atoms with Gasteiger partial charge in [-0.25, -0.2) is 0 Å². The number of hydrogen-bond donors (Lipinski definition) is 1. The Kier molecular flexibility index (Phi) is 7.35. The second-order valence-electron chi connectivity index (χ2n) is 0.428. The van der Waals surface area contributed by atoms with Crippen LogP contribution in [0.2, 0.25) is 0 Å². The molecule has 0 atom stereocenters. The molecule has 0 radical (unpaired) electrons. The van der Waals surface area contributed by atoms with Gasteiger partial charge in [-0.3, -0.25) is 0 Å². The molecule has 6 heteroatoms. The monoisotopic (exact) mass is 278 g/mol. The Hall–Kier alpha value is 2.09. The molecule has 6 heavy (non-hydrogen) atoms. The largest absolute Gasteiger partial charge is 1.00 e. The Bertz CT molecular complexity index is 90.7. The van der Waals surface area contributed by atoms with E-state index < -0.39 is 13.4 Å². The summed E-state index contributed by atoms with van der Waals surface area (Å²) < 4.78 is 33.1. The first kappa shape index (κ1) is 11.0. The van der Waals surface area contributed by atoms with Crippen molar-refractivity contribution in [3.63, 3.8) is 0 Å². The molecular formula is HCsO4Se. The van der Waals surface area contributed by atoms with Crippen molar-refractivity contribution < 1.29 is 84.9 Å². The zero-order valence-corrected chi connectivity index (χ0v) is 11.1. The van der Waals surface area contributed by atoms with Gasteiger partial charge >= 0.3 is 98.3 Å². The third-order valence-corrected chi connectivity index (χ3v) is 0. The molecule has 32 valence electrons. The molecule has 0 heterocycles. The van der Waals surface area contributed by atoms with Crippen LogP contribution in [-0.4, -0.2) is 17.6 Å². The Morgan fingerprint density at radius 2 is 1.50 bits per heavy atom. The van der Waals surface area contributed by atoms with Crippen molar-refractivity contribution >= 4 is 13.4 Å². The van der Waals surface area contributed by atoms with E-state index in [2.05, 4.69) is 0 Å². The molecule has 0 aliphatic heterocycles. The fourth-order valence-electron chi connectivity index (χ4n) is 0. The maximum absolute atomic E-state index is 8.70. The van der Waals surface area contributed by atoms with Crippen LogP contribution < -0.4 is 73.1 Å². The van der Waals surface area contributed by atoms with Crippen molar-refractivity contribution in [2.75, 3.05) is 0 Å². The molecule has 0 aromatic carbocycles. The van der Waals surface area contributed by atoms with Gasteiger partial charge in [0.05, 0.1) is 0 Å². The van der Waals surface area contributed by atoms with Gasteiger partial charge in [0.1, 0.15) is 0 Å². The van der Waals surface area contributed by atoms with E-state index in [0.29, 0.717) is 0 Å². The first-order valence-electron chi connectivity index (χ1n) is 0.683. The smallest absolute Gasteiger partial charge is 1.00 e. The van der Waals surface area contributed by atoms with Gasteiger partial charge in [-0.15, -0.1) is 0 Å². The van der Waals surface area contributed by atoms with E-state index in [1.807, 2.05) is 0 Å². The van der Waals surface area contributed by atoms with Crippen LogP contribution in [0, 0.1) is 0 Å². The standard InChI is InChI=1S/Cs.H2O4Se/c;1-5(2,3)4/h;(H2,1,2,3,4)/q+1;/p-1. The van der Waals surface area contributed by atoms with Crippen molar-refractivity contribution in [2.45, 2.75) is 0 Å². The molecule has 0 unspecified atom stereocenters. The quantitative estimate of drug-likeness (QED) is 0.448. The van der Waals surface area contributed by atoms with Crippen molar-refractivity contribution in [1.82, 2.24) is 0 Å². The summed E-state index contributed by atoms with van der Waals surface area (Å²) >= 11 is -5.50. The Balaban J connectivity index is 0. The summed E-state index contributed by atoms with van der Waals surface area (Å²) in [6.07, 6.45) is 0. The summed E-state index contributed by atoms with van der Waals surface area (Å²) in [6.45, 7) is 0. The van der Waals surface area contributed by atoms with Crippen LogP contribution in [0.3, 0.4) is 0 Å². The fraction of sp³-hybridized carbons (Fsp3) is 0. The van der Waals surface area contributed by atoms with Crippen LogP contribution in [-0.2, 0) is 7.67 Å². The minimum Gasteiger partial charge on any atom is 1.00 e. The molecule has 0 fully saturated rings. The van der Waals surface area contributed by atoms with Crippen LogP contribution in [0.25, 0.3) is 0 Å². The molecule has 0 saturated heterocycles. The van der Waals surface area contributed by atoms with Crippen LogP contribution >= 0.6 is 0 Å². The molecule has 0 rings (SSSR count). The third kappa shape index (κ3) is 36.1. The van der Waals surface area contributed by atoms with Gasteiger partial charge in [-0.05, 0) is 0 Å². The second-order valence-corrected chi connectivity index (χ2v) is 2.22. The second kappa shape index (κ2) is 4.02. The van der Waals surface area contributed by atoms with E-state index >= 15 is 0 Å². The first-order valence-corrected chi connectivity index (χ1v) is 3.55. The molecule has 0 aromatic heterocycles. The molecule has 1 N–H and O–H groups in total. The molecule has 0 saturated carbocycles. The van der Waals surface area contributed by atoms with Gasteiger partial charge in [0.2, 0.25) is 0 Å². The summed E-state index contributed by atoms with van der Waals surface area (Å²) in [7, 11) is 0. The molecule has 0 amide bonds. The van der Waals surface area contributed by atoms with Gasteiger partial charge in [0.25, 0.3) is 0 Å². The predicted octanol–water partition coefficient (Wildman–Crippen LogP) is -5.36. The molecule has 0 aliphatic carbocycles. The fourth-order valence-corrected chi connectivity index (χ4v) is 0. The van der Waals surface area contributed by atoms with Gasteiger partial charge in [0.15, 0.2) is 0 Å². The van der Waals surface area contributed by atoms with E-state index in [0.717, 1.165) is 0 Å². The zero-order chi connectivity index (χ0) is 4.50. The average Bonchev–Trinajstić information content (AvgIpc) is 0.722. The molecule has 0 spiro atoms. The van der Waals surface area contributed by atoms with Crippen molar-refractivity contribution in [2.24, 2.45) is 0 Å².